The quantitative estimate of drug-likeness (QED) is 0.411. The van der Waals surface area contributed by atoms with Crippen molar-refractivity contribution in [1.29, 1.82) is 0 Å². The standard InChI is InChI=1S/C21H23ClN6O2/c1-4-23-20-24-13(2)11-19(28-20)25-15-6-8-16(9-7-15)26-21(29)27-17-12-14(22)5-10-18(17)30-3/h5-12H,4H2,1-3H3,(H2,26,27,29)(H2,23,24,25,28). The number of aromatic nitrogens is 2. The Morgan fingerprint density at radius 3 is 2.47 bits per heavy atom. The topological polar surface area (TPSA) is 100 Å². The minimum absolute atomic E-state index is 0.405. The van der Waals surface area contributed by atoms with E-state index in [9.17, 15) is 4.79 Å². The molecule has 0 aliphatic rings. The summed E-state index contributed by atoms with van der Waals surface area (Å²) in [6.07, 6.45) is 0. The Bertz CT molecular complexity index is 1030. The lowest BCUT2D eigenvalue weighted by molar-refractivity contribution is 0.262. The molecule has 0 fully saturated rings. The molecular formula is C21H23ClN6O2. The van der Waals surface area contributed by atoms with Gasteiger partial charge in [0.2, 0.25) is 5.95 Å². The third-order valence-electron chi connectivity index (χ3n) is 4.01. The predicted octanol–water partition coefficient (Wildman–Crippen LogP) is 5.27. The van der Waals surface area contributed by atoms with E-state index >= 15 is 0 Å². The fraction of sp³-hybridized carbons (Fsp3) is 0.190. The van der Waals surface area contributed by atoms with Crippen molar-refractivity contribution in [3.8, 4) is 5.75 Å². The smallest absolute Gasteiger partial charge is 0.323 e. The Balaban J connectivity index is 1.63. The van der Waals surface area contributed by atoms with Crippen LogP contribution in [0.2, 0.25) is 5.02 Å². The molecule has 0 radical (unpaired) electrons. The van der Waals surface area contributed by atoms with Crippen molar-refractivity contribution < 1.29 is 9.53 Å². The van der Waals surface area contributed by atoms with E-state index in [-0.39, 0.29) is 0 Å². The van der Waals surface area contributed by atoms with Gasteiger partial charge in [-0.2, -0.15) is 4.98 Å². The van der Waals surface area contributed by atoms with E-state index < -0.39 is 6.03 Å². The summed E-state index contributed by atoms with van der Waals surface area (Å²) in [5.74, 6) is 1.78. The van der Waals surface area contributed by atoms with Crippen LogP contribution in [-0.2, 0) is 0 Å². The van der Waals surface area contributed by atoms with Gasteiger partial charge in [-0.05, 0) is 56.3 Å². The van der Waals surface area contributed by atoms with Crippen LogP contribution in [0.3, 0.4) is 0 Å². The molecule has 3 rings (SSSR count). The molecule has 156 valence electrons. The summed E-state index contributed by atoms with van der Waals surface area (Å²) in [5.41, 5.74) is 2.80. The van der Waals surface area contributed by atoms with Crippen LogP contribution >= 0.6 is 11.6 Å². The molecule has 1 aromatic heterocycles. The summed E-state index contributed by atoms with van der Waals surface area (Å²) in [4.78, 5) is 21.1. The second kappa shape index (κ2) is 9.80. The van der Waals surface area contributed by atoms with Crippen LogP contribution in [0, 0.1) is 6.92 Å². The monoisotopic (exact) mass is 426 g/mol. The Hall–Kier alpha value is -3.52. The highest BCUT2D eigenvalue weighted by Gasteiger charge is 2.09. The first kappa shape index (κ1) is 21.2. The number of methoxy groups -OCH3 is 1. The average Bonchev–Trinajstić information content (AvgIpc) is 2.69. The molecule has 9 heteroatoms. The Morgan fingerprint density at radius 1 is 1.03 bits per heavy atom. The molecule has 0 saturated carbocycles. The van der Waals surface area contributed by atoms with Crippen molar-refractivity contribution in [2.24, 2.45) is 0 Å². The summed E-state index contributed by atoms with van der Waals surface area (Å²) in [5, 5.41) is 12.3. The molecule has 1 heterocycles. The number of carbonyl (C=O) groups is 1. The number of halogens is 1. The van der Waals surface area contributed by atoms with Crippen LogP contribution in [-0.4, -0.2) is 29.7 Å². The summed E-state index contributed by atoms with van der Waals surface area (Å²) >= 11 is 5.99. The highest BCUT2D eigenvalue weighted by molar-refractivity contribution is 6.31. The molecule has 8 nitrogen and oxygen atoms in total. The van der Waals surface area contributed by atoms with Gasteiger partial charge in [0.25, 0.3) is 0 Å². The summed E-state index contributed by atoms with van der Waals surface area (Å²) < 4.78 is 5.23. The third kappa shape index (κ3) is 5.74. The van der Waals surface area contributed by atoms with E-state index in [1.807, 2.05) is 32.0 Å². The lowest BCUT2D eigenvalue weighted by Gasteiger charge is -2.12. The number of ether oxygens (including phenoxy) is 1. The van der Waals surface area contributed by atoms with Crippen molar-refractivity contribution in [2.45, 2.75) is 13.8 Å². The maximum Gasteiger partial charge on any atom is 0.323 e. The molecular weight excluding hydrogens is 404 g/mol. The molecule has 0 atom stereocenters. The number of amides is 2. The highest BCUT2D eigenvalue weighted by atomic mass is 35.5. The number of nitrogens with zero attached hydrogens (tertiary/aromatic N) is 2. The molecule has 3 aromatic rings. The zero-order valence-electron chi connectivity index (χ0n) is 16.9. The highest BCUT2D eigenvalue weighted by Crippen LogP contribution is 2.28. The first-order valence-electron chi connectivity index (χ1n) is 9.35. The van der Waals surface area contributed by atoms with Crippen LogP contribution < -0.4 is 26.0 Å². The normalized spacial score (nSPS) is 10.3. The summed E-state index contributed by atoms with van der Waals surface area (Å²) in [7, 11) is 1.53. The van der Waals surface area contributed by atoms with Gasteiger partial charge in [-0.25, -0.2) is 9.78 Å². The second-order valence-electron chi connectivity index (χ2n) is 6.37. The molecule has 0 saturated heterocycles. The van der Waals surface area contributed by atoms with E-state index in [2.05, 4.69) is 31.2 Å². The molecule has 0 spiro atoms. The minimum Gasteiger partial charge on any atom is -0.495 e. The molecule has 30 heavy (non-hydrogen) atoms. The van der Waals surface area contributed by atoms with Gasteiger partial charge in [-0.15, -0.1) is 0 Å². The van der Waals surface area contributed by atoms with Crippen molar-refractivity contribution in [1.82, 2.24) is 9.97 Å². The SMILES string of the molecule is CCNc1nc(C)cc(Nc2ccc(NC(=O)Nc3cc(Cl)ccc3OC)cc2)n1. The zero-order chi connectivity index (χ0) is 21.5. The number of nitrogens with one attached hydrogen (secondary N) is 4. The number of benzene rings is 2. The Labute approximate surface area is 180 Å². The number of rotatable bonds is 7. The first-order chi connectivity index (χ1) is 14.5. The second-order valence-corrected chi connectivity index (χ2v) is 6.81. The van der Waals surface area contributed by atoms with Crippen LogP contribution in [0.1, 0.15) is 12.6 Å². The van der Waals surface area contributed by atoms with Crippen LogP contribution in [0.5, 0.6) is 5.75 Å². The van der Waals surface area contributed by atoms with E-state index in [1.54, 1.807) is 30.3 Å². The van der Waals surface area contributed by atoms with Gasteiger partial charge >= 0.3 is 6.03 Å². The van der Waals surface area contributed by atoms with Gasteiger partial charge in [0.1, 0.15) is 11.6 Å². The number of urea groups is 1. The number of hydrogen-bond donors (Lipinski definition) is 4. The van der Waals surface area contributed by atoms with Crippen LogP contribution in [0.4, 0.5) is 33.6 Å². The van der Waals surface area contributed by atoms with Crippen LogP contribution in [0.15, 0.2) is 48.5 Å². The number of hydrogen-bond acceptors (Lipinski definition) is 6. The fourth-order valence-electron chi connectivity index (χ4n) is 2.72. The predicted molar refractivity (Wildman–Crippen MR) is 121 cm³/mol. The third-order valence-corrected chi connectivity index (χ3v) is 4.25. The molecule has 2 aromatic carbocycles. The van der Waals surface area contributed by atoms with Gasteiger partial charge in [0.15, 0.2) is 0 Å². The van der Waals surface area contributed by atoms with E-state index in [0.717, 1.165) is 17.9 Å². The van der Waals surface area contributed by atoms with Crippen LogP contribution in [0.25, 0.3) is 0 Å². The molecule has 0 bridgehead atoms. The van der Waals surface area contributed by atoms with Gasteiger partial charge in [0, 0.05) is 34.7 Å². The van der Waals surface area contributed by atoms with Gasteiger partial charge < -0.3 is 26.0 Å². The van der Waals surface area contributed by atoms with Crippen molar-refractivity contribution in [3.05, 3.63) is 59.2 Å². The van der Waals surface area contributed by atoms with Crippen molar-refractivity contribution in [2.75, 3.05) is 34.9 Å². The van der Waals surface area contributed by atoms with Gasteiger partial charge in [-0.1, -0.05) is 11.6 Å². The largest absolute Gasteiger partial charge is 0.495 e. The van der Waals surface area contributed by atoms with E-state index in [4.69, 9.17) is 16.3 Å². The summed E-state index contributed by atoms with van der Waals surface area (Å²) in [6.45, 7) is 4.64. The first-order valence-corrected chi connectivity index (χ1v) is 9.73. The van der Waals surface area contributed by atoms with E-state index in [0.29, 0.717) is 33.9 Å². The zero-order valence-corrected chi connectivity index (χ0v) is 17.7. The fourth-order valence-corrected chi connectivity index (χ4v) is 2.89. The average molecular weight is 427 g/mol. The minimum atomic E-state index is -0.405. The molecule has 4 N–H and O–H groups in total. The molecule has 0 unspecified atom stereocenters. The number of aryl methyl sites for hydroxylation is 1. The Kier molecular flexibility index (Phi) is 6.92. The number of carbonyl (C=O) groups excluding carboxylic acids is 1. The molecule has 0 aliphatic heterocycles. The maximum absolute atomic E-state index is 12.3. The van der Waals surface area contributed by atoms with E-state index in [1.165, 1.54) is 7.11 Å². The number of anilines is 5. The molecule has 2 amide bonds. The van der Waals surface area contributed by atoms with Gasteiger partial charge in [0.05, 0.1) is 12.8 Å². The van der Waals surface area contributed by atoms with Crippen molar-refractivity contribution in [3.63, 3.8) is 0 Å². The lowest BCUT2D eigenvalue weighted by atomic mass is 10.2. The van der Waals surface area contributed by atoms with Crippen molar-refractivity contribution >= 4 is 46.5 Å². The summed E-state index contributed by atoms with van der Waals surface area (Å²) in [6, 6.07) is 13.7. The maximum atomic E-state index is 12.3. The Morgan fingerprint density at radius 2 is 1.77 bits per heavy atom. The lowest BCUT2D eigenvalue weighted by Crippen LogP contribution is -2.19. The van der Waals surface area contributed by atoms with Gasteiger partial charge in [-0.3, -0.25) is 0 Å². The molecule has 0 aliphatic carbocycles.